The van der Waals surface area contributed by atoms with Gasteiger partial charge in [-0.2, -0.15) is 0 Å². The van der Waals surface area contributed by atoms with Gasteiger partial charge >= 0.3 is 5.76 Å². The average Bonchev–Trinajstić information content (AvgIpc) is 2.64. The Labute approximate surface area is 97.8 Å². The van der Waals surface area contributed by atoms with Crippen LogP contribution in [0.5, 0.6) is 0 Å². The molecule has 1 unspecified atom stereocenters. The number of H-pyrrole nitrogens is 1. The van der Waals surface area contributed by atoms with Gasteiger partial charge in [-0.05, 0) is 31.7 Å². The summed E-state index contributed by atoms with van der Waals surface area (Å²) >= 11 is 0. The molecule has 90 valence electrons. The molecule has 0 bridgehead atoms. The first-order valence-electron chi connectivity index (χ1n) is 5.39. The second-order valence-corrected chi connectivity index (χ2v) is 4.02. The van der Waals surface area contributed by atoms with Crippen molar-refractivity contribution in [1.82, 2.24) is 10.3 Å². The number of aromatic amines is 1. The predicted molar refractivity (Wildman–Crippen MR) is 63.9 cm³/mol. The Morgan fingerprint density at radius 2 is 2.29 bits per heavy atom. The summed E-state index contributed by atoms with van der Waals surface area (Å²) in [6, 6.07) is 5.37. The van der Waals surface area contributed by atoms with Crippen molar-refractivity contribution < 1.29 is 9.21 Å². The van der Waals surface area contributed by atoms with Crippen LogP contribution in [0.15, 0.2) is 27.4 Å². The maximum absolute atomic E-state index is 11.1. The van der Waals surface area contributed by atoms with Crippen molar-refractivity contribution in [2.75, 3.05) is 7.05 Å². The van der Waals surface area contributed by atoms with Crippen molar-refractivity contribution in [3.63, 3.8) is 0 Å². The number of carbonyl (C=O) groups is 1. The highest BCUT2D eigenvalue weighted by Crippen LogP contribution is 2.20. The number of rotatable bonds is 4. The molecule has 0 amide bonds. The van der Waals surface area contributed by atoms with Gasteiger partial charge in [0.1, 0.15) is 5.78 Å². The van der Waals surface area contributed by atoms with E-state index in [1.165, 1.54) is 0 Å². The number of aromatic nitrogens is 1. The Kier molecular flexibility index (Phi) is 3.10. The lowest BCUT2D eigenvalue weighted by atomic mass is 10.0. The second kappa shape index (κ2) is 4.55. The van der Waals surface area contributed by atoms with Gasteiger partial charge in [0.05, 0.1) is 5.52 Å². The van der Waals surface area contributed by atoms with E-state index in [1.54, 1.807) is 26.1 Å². The third kappa shape index (κ3) is 2.45. The zero-order chi connectivity index (χ0) is 12.4. The highest BCUT2D eigenvalue weighted by Gasteiger charge is 2.13. The molecule has 0 saturated heterocycles. The Morgan fingerprint density at radius 3 is 2.94 bits per heavy atom. The lowest BCUT2D eigenvalue weighted by molar-refractivity contribution is -0.117. The Hall–Kier alpha value is -1.88. The van der Waals surface area contributed by atoms with Crippen LogP contribution in [0.2, 0.25) is 0 Å². The Morgan fingerprint density at radius 1 is 1.53 bits per heavy atom. The van der Waals surface area contributed by atoms with E-state index in [2.05, 4.69) is 10.3 Å². The summed E-state index contributed by atoms with van der Waals surface area (Å²) < 4.78 is 4.98. The molecule has 2 rings (SSSR count). The largest absolute Gasteiger partial charge is 0.417 e. The van der Waals surface area contributed by atoms with Crippen LogP contribution >= 0.6 is 0 Å². The molecule has 2 N–H and O–H groups in total. The standard InChI is InChI=1S/C12H14N2O3/c1-7(15)5-10(13-2)8-3-4-9-11(6-8)17-12(16)14-9/h3-4,6,10,13H,5H2,1-2H3,(H,14,16). The Balaban J connectivity index is 2.39. The van der Waals surface area contributed by atoms with Crippen molar-refractivity contribution in [3.05, 3.63) is 34.3 Å². The molecular weight excluding hydrogens is 220 g/mol. The molecule has 1 atom stereocenters. The molecule has 0 aliphatic heterocycles. The fraction of sp³-hybridized carbons (Fsp3) is 0.333. The molecule has 0 radical (unpaired) electrons. The van der Waals surface area contributed by atoms with E-state index < -0.39 is 5.76 Å². The monoisotopic (exact) mass is 234 g/mol. The third-order valence-electron chi connectivity index (χ3n) is 2.69. The highest BCUT2D eigenvalue weighted by atomic mass is 16.4. The lowest BCUT2D eigenvalue weighted by Gasteiger charge is -2.14. The molecule has 17 heavy (non-hydrogen) atoms. The molecule has 1 heterocycles. The zero-order valence-electron chi connectivity index (χ0n) is 9.74. The summed E-state index contributed by atoms with van der Waals surface area (Å²) in [5, 5.41) is 3.07. The first-order valence-corrected chi connectivity index (χ1v) is 5.39. The van der Waals surface area contributed by atoms with E-state index in [4.69, 9.17) is 4.42 Å². The SMILES string of the molecule is CNC(CC(C)=O)c1ccc2[nH]c(=O)oc2c1. The molecule has 5 nitrogen and oxygen atoms in total. The predicted octanol–water partition coefficient (Wildman–Crippen LogP) is 1.36. The number of fused-ring (bicyclic) bond motifs is 1. The van der Waals surface area contributed by atoms with Gasteiger partial charge in [-0.25, -0.2) is 4.79 Å². The molecule has 0 aliphatic carbocycles. The third-order valence-corrected chi connectivity index (χ3v) is 2.69. The van der Waals surface area contributed by atoms with Crippen LogP contribution in [-0.4, -0.2) is 17.8 Å². The summed E-state index contributed by atoms with van der Waals surface area (Å²) in [7, 11) is 1.80. The van der Waals surface area contributed by atoms with Gasteiger partial charge in [-0.1, -0.05) is 6.07 Å². The van der Waals surface area contributed by atoms with E-state index in [-0.39, 0.29) is 11.8 Å². The van der Waals surface area contributed by atoms with Gasteiger partial charge in [0.2, 0.25) is 0 Å². The second-order valence-electron chi connectivity index (χ2n) is 4.02. The summed E-state index contributed by atoms with van der Waals surface area (Å²) in [6.07, 6.45) is 0.413. The highest BCUT2D eigenvalue weighted by molar-refractivity contribution is 5.77. The van der Waals surface area contributed by atoms with Gasteiger partial charge in [-0.15, -0.1) is 0 Å². The number of Topliss-reactive ketones (excluding diaryl/α,β-unsaturated/α-hetero) is 1. The molecule has 1 aromatic carbocycles. The Bertz CT molecular complexity index is 597. The molecule has 2 aromatic rings. The van der Waals surface area contributed by atoms with Crippen LogP contribution in [0.25, 0.3) is 11.1 Å². The maximum Gasteiger partial charge on any atom is 0.417 e. The molecule has 0 saturated carbocycles. The molecule has 5 heteroatoms. The molecular formula is C12H14N2O3. The van der Waals surface area contributed by atoms with Crippen molar-refractivity contribution in [2.45, 2.75) is 19.4 Å². The van der Waals surface area contributed by atoms with Crippen molar-refractivity contribution in [1.29, 1.82) is 0 Å². The maximum atomic E-state index is 11.1. The normalized spacial score (nSPS) is 12.8. The molecule has 0 fully saturated rings. The van der Waals surface area contributed by atoms with Gasteiger partial charge in [0.25, 0.3) is 0 Å². The van der Waals surface area contributed by atoms with Crippen LogP contribution in [0.1, 0.15) is 24.9 Å². The lowest BCUT2D eigenvalue weighted by Crippen LogP contribution is -2.18. The number of nitrogens with one attached hydrogen (secondary N) is 2. The summed E-state index contributed by atoms with van der Waals surface area (Å²) in [6.45, 7) is 1.55. The van der Waals surface area contributed by atoms with E-state index in [9.17, 15) is 9.59 Å². The van der Waals surface area contributed by atoms with Crippen LogP contribution in [0.4, 0.5) is 0 Å². The minimum atomic E-state index is -0.468. The van der Waals surface area contributed by atoms with E-state index in [0.717, 1.165) is 5.56 Å². The van der Waals surface area contributed by atoms with Crippen LogP contribution in [0, 0.1) is 0 Å². The molecule has 0 spiro atoms. The fourth-order valence-electron chi connectivity index (χ4n) is 1.85. The molecule has 0 aliphatic rings. The van der Waals surface area contributed by atoms with Crippen LogP contribution < -0.4 is 11.1 Å². The van der Waals surface area contributed by atoms with Gasteiger partial charge in [0, 0.05) is 12.5 Å². The number of ketones is 1. The average molecular weight is 234 g/mol. The van der Waals surface area contributed by atoms with Crippen molar-refractivity contribution in [2.24, 2.45) is 0 Å². The van der Waals surface area contributed by atoms with Crippen LogP contribution in [-0.2, 0) is 4.79 Å². The number of hydrogen-bond acceptors (Lipinski definition) is 4. The van der Waals surface area contributed by atoms with Gasteiger partial charge < -0.3 is 9.73 Å². The minimum Gasteiger partial charge on any atom is -0.408 e. The van der Waals surface area contributed by atoms with Gasteiger partial charge in [-0.3, -0.25) is 9.78 Å². The number of benzene rings is 1. The number of oxazole rings is 1. The zero-order valence-corrected chi connectivity index (χ0v) is 9.74. The topological polar surface area (TPSA) is 75.1 Å². The smallest absolute Gasteiger partial charge is 0.408 e. The number of hydrogen-bond donors (Lipinski definition) is 2. The minimum absolute atomic E-state index is 0.0582. The van der Waals surface area contributed by atoms with Crippen molar-refractivity contribution in [3.8, 4) is 0 Å². The fourth-order valence-corrected chi connectivity index (χ4v) is 1.85. The summed E-state index contributed by atoms with van der Waals surface area (Å²) in [4.78, 5) is 24.7. The van der Waals surface area contributed by atoms with Gasteiger partial charge in [0.15, 0.2) is 5.58 Å². The first-order chi connectivity index (χ1) is 8.10. The first kappa shape index (κ1) is 11.6. The summed E-state index contributed by atoms with van der Waals surface area (Å²) in [5.41, 5.74) is 2.10. The van der Waals surface area contributed by atoms with E-state index in [0.29, 0.717) is 17.5 Å². The summed E-state index contributed by atoms with van der Waals surface area (Å²) in [5.74, 6) is -0.357. The molecule has 1 aromatic heterocycles. The number of carbonyl (C=O) groups excluding carboxylic acids is 1. The van der Waals surface area contributed by atoms with Crippen LogP contribution in [0.3, 0.4) is 0 Å². The van der Waals surface area contributed by atoms with E-state index >= 15 is 0 Å². The quantitative estimate of drug-likeness (QED) is 0.837. The van der Waals surface area contributed by atoms with Crippen molar-refractivity contribution >= 4 is 16.9 Å². The van der Waals surface area contributed by atoms with E-state index in [1.807, 2.05) is 6.07 Å².